The molecule has 0 radical (unpaired) electrons. The highest BCUT2D eigenvalue weighted by atomic mass is 35.5. The van der Waals surface area contributed by atoms with Crippen LogP contribution in [0, 0.1) is 18.3 Å². The summed E-state index contributed by atoms with van der Waals surface area (Å²) in [7, 11) is 0. The maximum atomic E-state index is 13.9. The Labute approximate surface area is 348 Å². The zero-order valence-corrected chi connectivity index (χ0v) is 33.8. The number of hydrogen-bond acceptors (Lipinski definition) is 11. The number of alkyl halides is 3. The van der Waals surface area contributed by atoms with Gasteiger partial charge in [0, 0.05) is 60.7 Å². The highest BCUT2D eigenvalue weighted by Crippen LogP contribution is 2.48. The lowest BCUT2D eigenvalue weighted by molar-refractivity contribution is -0.138. The number of imide groups is 1. The topological polar surface area (TPSA) is 163 Å². The molecule has 3 aromatic rings. The summed E-state index contributed by atoms with van der Waals surface area (Å²) in [5.74, 6) is -0.726. The highest BCUT2D eigenvalue weighted by molar-refractivity contribution is 7.81. The third-order valence-corrected chi connectivity index (χ3v) is 11.8. The van der Waals surface area contributed by atoms with Gasteiger partial charge >= 0.3 is 6.18 Å². The Kier molecular flexibility index (Phi) is 11.8. The average molecular weight is 852 g/mol. The van der Waals surface area contributed by atoms with Gasteiger partial charge in [-0.25, -0.2) is 4.98 Å². The van der Waals surface area contributed by atoms with Crippen LogP contribution in [0.15, 0.2) is 48.7 Å². The number of thiocarbonyl (C=S) groups is 1. The summed E-state index contributed by atoms with van der Waals surface area (Å²) in [6.45, 7) is 7.21. The van der Waals surface area contributed by atoms with E-state index in [9.17, 15) is 37.6 Å². The maximum absolute atomic E-state index is 13.9. The minimum Gasteiger partial charge on any atom is -0.492 e. The third-order valence-electron chi connectivity index (χ3n) is 11.2. The Morgan fingerprint density at radius 1 is 1.12 bits per heavy atom. The number of ether oxygens (including phenoxy) is 1. The number of amides is 4. The normalized spacial score (nSPS) is 21.0. The van der Waals surface area contributed by atoms with Crippen molar-refractivity contribution in [2.24, 2.45) is 0 Å². The molecule has 1 aromatic heterocycles. The van der Waals surface area contributed by atoms with Gasteiger partial charge in [0.25, 0.3) is 5.91 Å². The van der Waals surface area contributed by atoms with Crippen LogP contribution in [0.1, 0.15) is 55.8 Å². The number of hydrogen-bond donors (Lipinski definition) is 3. The van der Waals surface area contributed by atoms with E-state index in [1.807, 2.05) is 13.0 Å². The molecule has 1 unspecified atom stereocenters. The van der Waals surface area contributed by atoms with Gasteiger partial charge in [-0.3, -0.25) is 39.2 Å². The second-order valence-electron chi connectivity index (χ2n) is 15.2. The smallest absolute Gasteiger partial charge is 0.419 e. The molecule has 3 saturated heterocycles. The van der Waals surface area contributed by atoms with Gasteiger partial charge in [-0.1, -0.05) is 11.6 Å². The van der Waals surface area contributed by atoms with Gasteiger partial charge in [-0.05, 0) is 99.8 Å². The first kappa shape index (κ1) is 41.8. The molecule has 14 nitrogen and oxygen atoms in total. The van der Waals surface area contributed by atoms with Crippen LogP contribution in [0.25, 0.3) is 0 Å². The summed E-state index contributed by atoms with van der Waals surface area (Å²) < 4.78 is 47.5. The van der Waals surface area contributed by atoms with E-state index in [1.165, 1.54) is 6.07 Å². The number of rotatable bonds is 11. The maximum Gasteiger partial charge on any atom is 0.419 e. The molecule has 1 saturated carbocycles. The molecule has 3 aliphatic heterocycles. The largest absolute Gasteiger partial charge is 0.492 e. The van der Waals surface area contributed by atoms with Crippen molar-refractivity contribution in [3.63, 3.8) is 0 Å². The van der Waals surface area contributed by atoms with Crippen molar-refractivity contribution in [1.29, 1.82) is 5.26 Å². The van der Waals surface area contributed by atoms with Crippen molar-refractivity contribution in [1.82, 2.24) is 20.1 Å². The first-order valence-corrected chi connectivity index (χ1v) is 19.9. The van der Waals surface area contributed by atoms with E-state index in [4.69, 9.17) is 28.6 Å². The van der Waals surface area contributed by atoms with E-state index in [0.29, 0.717) is 79.9 Å². The van der Waals surface area contributed by atoms with Crippen LogP contribution in [0.3, 0.4) is 0 Å². The molecule has 7 rings (SSSR count). The Morgan fingerprint density at radius 2 is 1.88 bits per heavy atom. The second kappa shape index (κ2) is 16.7. The first-order chi connectivity index (χ1) is 28.1. The molecule has 3 N–H and O–H groups in total. The number of halogens is 4. The molecular weight excluding hydrogens is 811 g/mol. The fourth-order valence-corrected chi connectivity index (χ4v) is 8.68. The van der Waals surface area contributed by atoms with Crippen molar-refractivity contribution in [3.05, 3.63) is 70.5 Å². The molecule has 19 heteroatoms. The van der Waals surface area contributed by atoms with Crippen LogP contribution < -0.4 is 30.5 Å². The van der Waals surface area contributed by atoms with Crippen molar-refractivity contribution in [2.75, 3.05) is 59.8 Å². The number of piperidine rings is 1. The van der Waals surface area contributed by atoms with Crippen LogP contribution >= 0.6 is 23.8 Å². The third kappa shape index (κ3) is 8.69. The molecule has 310 valence electrons. The van der Waals surface area contributed by atoms with E-state index in [-0.39, 0.29) is 41.6 Å². The summed E-state index contributed by atoms with van der Waals surface area (Å²) in [5.41, 5.74) is -0.779. The molecule has 4 heterocycles. The zero-order valence-electron chi connectivity index (χ0n) is 32.2. The van der Waals surface area contributed by atoms with Crippen LogP contribution in [-0.2, 0) is 25.4 Å². The van der Waals surface area contributed by atoms with Gasteiger partial charge < -0.3 is 20.3 Å². The molecule has 1 spiro atoms. The van der Waals surface area contributed by atoms with E-state index in [0.717, 1.165) is 29.1 Å². The predicted molar refractivity (Wildman–Crippen MR) is 217 cm³/mol. The van der Waals surface area contributed by atoms with E-state index >= 15 is 0 Å². The summed E-state index contributed by atoms with van der Waals surface area (Å²) in [5, 5.41) is 17.9. The minimum atomic E-state index is -4.85. The lowest BCUT2D eigenvalue weighted by atomic mass is 9.75. The zero-order chi connectivity index (χ0) is 42.2. The van der Waals surface area contributed by atoms with E-state index in [2.05, 4.69) is 37.7 Å². The Bertz CT molecular complexity index is 2250. The number of carbonyl (C=O) groups is 4. The fraction of sp³-hybridized carbons (Fsp3) is 0.425. The lowest BCUT2D eigenvalue weighted by Gasteiger charge is -2.43. The number of nitriles is 1. The highest BCUT2D eigenvalue weighted by Gasteiger charge is 2.60. The van der Waals surface area contributed by atoms with Crippen molar-refractivity contribution < 1.29 is 37.1 Å². The lowest BCUT2D eigenvalue weighted by Crippen LogP contribution is -2.55. The number of pyridine rings is 1. The number of benzene rings is 2. The second-order valence-corrected chi connectivity index (χ2v) is 16.0. The van der Waals surface area contributed by atoms with Crippen molar-refractivity contribution in [2.45, 2.75) is 69.8 Å². The minimum absolute atomic E-state index is 0.0334. The van der Waals surface area contributed by atoms with Gasteiger partial charge in [-0.15, -0.1) is 0 Å². The molecule has 2 atom stereocenters. The Balaban J connectivity index is 0.915. The molecule has 0 bridgehead atoms. The summed E-state index contributed by atoms with van der Waals surface area (Å²) in [6.07, 6.45) is -1.51. The van der Waals surface area contributed by atoms with Gasteiger partial charge in [0.1, 0.15) is 30.0 Å². The number of aryl methyl sites for hydroxylation is 1. The molecule has 59 heavy (non-hydrogen) atoms. The summed E-state index contributed by atoms with van der Waals surface area (Å²) in [4.78, 5) is 61.5. The van der Waals surface area contributed by atoms with E-state index in [1.54, 1.807) is 35.2 Å². The van der Waals surface area contributed by atoms with Crippen LogP contribution in [0.5, 0.6) is 5.75 Å². The number of anilines is 4. The van der Waals surface area contributed by atoms with Gasteiger partial charge in [0.2, 0.25) is 17.7 Å². The van der Waals surface area contributed by atoms with Crippen molar-refractivity contribution >= 4 is 75.3 Å². The molecule has 1 aliphatic carbocycles. The van der Waals surface area contributed by atoms with Gasteiger partial charge in [0.05, 0.1) is 24.0 Å². The van der Waals surface area contributed by atoms with Crippen LogP contribution in [0.4, 0.5) is 35.9 Å². The Morgan fingerprint density at radius 3 is 2.54 bits per heavy atom. The molecule has 2 aromatic carbocycles. The number of nitrogens with one attached hydrogen (secondary N) is 3. The number of piperazine rings is 1. The molecular formula is C40H41ClF3N9O5S. The number of carbonyl (C=O) groups excluding carboxylic acids is 4. The molecule has 4 fully saturated rings. The van der Waals surface area contributed by atoms with Crippen molar-refractivity contribution in [3.8, 4) is 11.8 Å². The standard InChI is InChI=1S/C40H41ClF3N9O5S/c1-23-14-28(53-38(59)52(37(57)39(53)8-3-9-39)29-18-30(40(42,43)44)32(19-45)46-20-29)4-6-33(23)58-13-12-50-10-11-51(24(2)21-50)22-35(55)48-27-16-25(41)15-26(17-27)47-31-5-7-34(54)49-36(31)56/h4,6,14-18,20,24,31,47H,3,5,7-13,21-22H2,1-2H3,(H,48,55)(H,49,54,56)/t24-,31?/m1/s1. The SMILES string of the molecule is Cc1cc(N2C(=S)N(c3cnc(C#N)c(C(F)(F)F)c3)C(=O)C23CCC3)ccc1OCCN1CCN(CC(=O)Nc2cc(Cl)cc(NC3CCC(=O)NC3=O)c2)[C@H](C)C1. The van der Waals surface area contributed by atoms with Crippen LogP contribution in [-0.4, -0.2) is 100 Å². The number of aromatic nitrogens is 1. The fourth-order valence-electron chi connectivity index (χ4n) is 7.98. The predicted octanol–water partition coefficient (Wildman–Crippen LogP) is 5.24. The summed E-state index contributed by atoms with van der Waals surface area (Å²) in [6, 6.07) is 12.1. The van der Waals surface area contributed by atoms with Gasteiger partial charge in [0.15, 0.2) is 10.8 Å². The quantitative estimate of drug-likeness (QED) is 0.170. The molecule has 4 amide bonds. The first-order valence-electron chi connectivity index (χ1n) is 19.1. The summed E-state index contributed by atoms with van der Waals surface area (Å²) >= 11 is 12.1. The molecule has 4 aliphatic rings. The monoisotopic (exact) mass is 851 g/mol. The average Bonchev–Trinajstić information content (AvgIpc) is 3.40. The van der Waals surface area contributed by atoms with E-state index < -0.39 is 40.8 Å². The number of nitrogens with zero attached hydrogens (tertiary/aromatic N) is 6. The van der Waals surface area contributed by atoms with Gasteiger partial charge in [-0.2, -0.15) is 18.4 Å². The Hall–Kier alpha value is -5.35. The van der Waals surface area contributed by atoms with Crippen LogP contribution in [0.2, 0.25) is 5.02 Å².